The molecular formula is C13H13ClN2O3. The lowest BCUT2D eigenvalue weighted by atomic mass is 10.1. The number of hydrogen-bond donors (Lipinski definition) is 0. The highest BCUT2D eigenvalue weighted by atomic mass is 35.5. The van der Waals surface area contributed by atoms with E-state index in [1.807, 2.05) is 19.1 Å². The first-order valence-electron chi connectivity index (χ1n) is 5.76. The number of esters is 1. The summed E-state index contributed by atoms with van der Waals surface area (Å²) < 4.78 is 9.76. The SMILES string of the molecule is COC(=O)CC(C)c1nc(-c2cccc(Cl)c2)no1. The van der Waals surface area contributed by atoms with Gasteiger partial charge in [0.15, 0.2) is 0 Å². The standard InChI is InChI=1S/C13H13ClN2O3/c1-8(6-11(17)18-2)13-15-12(16-19-13)9-4-3-5-10(14)7-9/h3-5,7-8H,6H2,1-2H3. The predicted molar refractivity (Wildman–Crippen MR) is 69.8 cm³/mol. The van der Waals surface area contributed by atoms with Crippen LogP contribution in [0.15, 0.2) is 28.8 Å². The van der Waals surface area contributed by atoms with E-state index in [1.165, 1.54) is 7.11 Å². The van der Waals surface area contributed by atoms with Crippen LogP contribution < -0.4 is 0 Å². The van der Waals surface area contributed by atoms with Crippen molar-refractivity contribution in [1.29, 1.82) is 0 Å². The Morgan fingerprint density at radius 1 is 1.53 bits per heavy atom. The van der Waals surface area contributed by atoms with Crippen LogP contribution in [0.5, 0.6) is 0 Å². The summed E-state index contributed by atoms with van der Waals surface area (Å²) in [5, 5.41) is 4.49. The highest BCUT2D eigenvalue weighted by Crippen LogP contribution is 2.23. The van der Waals surface area contributed by atoms with Gasteiger partial charge in [-0.2, -0.15) is 4.98 Å². The van der Waals surface area contributed by atoms with Crippen molar-refractivity contribution < 1.29 is 14.1 Å². The fraction of sp³-hybridized carbons (Fsp3) is 0.308. The Labute approximate surface area is 115 Å². The molecule has 0 aliphatic carbocycles. The summed E-state index contributed by atoms with van der Waals surface area (Å²) in [5.41, 5.74) is 0.771. The molecule has 0 bridgehead atoms. The lowest BCUT2D eigenvalue weighted by Gasteiger charge is -2.03. The molecule has 2 aromatic rings. The second-order valence-corrected chi connectivity index (χ2v) is 4.58. The number of carbonyl (C=O) groups excluding carboxylic acids is 1. The van der Waals surface area contributed by atoms with Gasteiger partial charge in [-0.15, -0.1) is 0 Å². The molecule has 0 fully saturated rings. The van der Waals surface area contributed by atoms with Gasteiger partial charge in [-0.25, -0.2) is 0 Å². The Morgan fingerprint density at radius 2 is 2.32 bits per heavy atom. The van der Waals surface area contributed by atoms with Crippen LogP contribution in [-0.2, 0) is 9.53 Å². The number of ether oxygens (including phenoxy) is 1. The highest BCUT2D eigenvalue weighted by Gasteiger charge is 2.18. The molecule has 0 saturated heterocycles. The molecule has 1 heterocycles. The van der Waals surface area contributed by atoms with Gasteiger partial charge < -0.3 is 9.26 Å². The van der Waals surface area contributed by atoms with Crippen LogP contribution in [0.25, 0.3) is 11.4 Å². The third-order valence-electron chi connectivity index (χ3n) is 2.65. The van der Waals surface area contributed by atoms with E-state index in [0.29, 0.717) is 16.7 Å². The molecule has 1 aromatic heterocycles. The third-order valence-corrected chi connectivity index (χ3v) is 2.88. The van der Waals surface area contributed by atoms with Crippen LogP contribution in [0.3, 0.4) is 0 Å². The summed E-state index contributed by atoms with van der Waals surface area (Å²) >= 11 is 5.90. The largest absolute Gasteiger partial charge is 0.469 e. The number of halogens is 1. The number of hydrogen-bond acceptors (Lipinski definition) is 5. The fourth-order valence-electron chi connectivity index (χ4n) is 1.60. The first-order chi connectivity index (χ1) is 9.10. The Balaban J connectivity index is 2.17. The quantitative estimate of drug-likeness (QED) is 0.805. The monoisotopic (exact) mass is 280 g/mol. The van der Waals surface area contributed by atoms with E-state index < -0.39 is 0 Å². The average molecular weight is 281 g/mol. The van der Waals surface area contributed by atoms with Gasteiger partial charge >= 0.3 is 5.97 Å². The molecule has 5 nitrogen and oxygen atoms in total. The van der Waals surface area contributed by atoms with Crippen LogP contribution >= 0.6 is 11.6 Å². The summed E-state index contributed by atoms with van der Waals surface area (Å²) in [6.07, 6.45) is 0.202. The van der Waals surface area contributed by atoms with Gasteiger partial charge in [0.2, 0.25) is 11.7 Å². The molecule has 100 valence electrons. The minimum Gasteiger partial charge on any atom is -0.469 e. The minimum absolute atomic E-state index is 0.187. The average Bonchev–Trinajstić information content (AvgIpc) is 2.88. The normalized spacial score (nSPS) is 12.2. The van der Waals surface area contributed by atoms with E-state index >= 15 is 0 Å². The van der Waals surface area contributed by atoms with Crippen LogP contribution in [-0.4, -0.2) is 23.2 Å². The van der Waals surface area contributed by atoms with Crippen molar-refractivity contribution in [2.24, 2.45) is 0 Å². The van der Waals surface area contributed by atoms with Gasteiger partial charge in [-0.05, 0) is 12.1 Å². The van der Waals surface area contributed by atoms with Crippen molar-refractivity contribution in [2.45, 2.75) is 19.3 Å². The Hall–Kier alpha value is -1.88. The molecule has 2 rings (SSSR count). The Morgan fingerprint density at radius 3 is 3.00 bits per heavy atom. The predicted octanol–water partition coefficient (Wildman–Crippen LogP) is 3.06. The summed E-state index contributed by atoms with van der Waals surface area (Å²) in [6.45, 7) is 1.83. The molecule has 0 radical (unpaired) electrons. The van der Waals surface area contributed by atoms with Crippen molar-refractivity contribution in [2.75, 3.05) is 7.11 Å². The van der Waals surface area contributed by atoms with Crippen molar-refractivity contribution >= 4 is 17.6 Å². The smallest absolute Gasteiger partial charge is 0.306 e. The molecular weight excluding hydrogens is 268 g/mol. The lowest BCUT2D eigenvalue weighted by molar-refractivity contribution is -0.141. The van der Waals surface area contributed by atoms with Gasteiger partial charge in [-0.3, -0.25) is 4.79 Å². The number of rotatable bonds is 4. The molecule has 1 unspecified atom stereocenters. The van der Waals surface area contributed by atoms with Gasteiger partial charge in [0.1, 0.15) is 0 Å². The van der Waals surface area contributed by atoms with E-state index in [9.17, 15) is 4.79 Å². The zero-order chi connectivity index (χ0) is 13.8. The molecule has 0 saturated carbocycles. The van der Waals surface area contributed by atoms with Gasteiger partial charge in [0, 0.05) is 16.5 Å². The molecule has 0 aliphatic heterocycles. The van der Waals surface area contributed by atoms with Gasteiger partial charge in [-0.1, -0.05) is 35.8 Å². The van der Waals surface area contributed by atoms with Crippen LogP contribution in [0.4, 0.5) is 0 Å². The maximum atomic E-state index is 11.2. The number of methoxy groups -OCH3 is 1. The van der Waals surface area contributed by atoms with Gasteiger partial charge in [0.05, 0.1) is 13.5 Å². The van der Waals surface area contributed by atoms with Gasteiger partial charge in [0.25, 0.3) is 0 Å². The van der Waals surface area contributed by atoms with Crippen molar-refractivity contribution in [3.05, 3.63) is 35.2 Å². The lowest BCUT2D eigenvalue weighted by Crippen LogP contribution is -2.06. The third kappa shape index (κ3) is 3.32. The number of carbonyl (C=O) groups is 1. The van der Waals surface area contributed by atoms with E-state index in [0.717, 1.165) is 5.56 Å². The highest BCUT2D eigenvalue weighted by molar-refractivity contribution is 6.30. The summed E-state index contributed by atoms with van der Waals surface area (Å²) in [4.78, 5) is 15.5. The van der Waals surface area contributed by atoms with Crippen LogP contribution in [0, 0.1) is 0 Å². The second-order valence-electron chi connectivity index (χ2n) is 4.15. The molecule has 0 spiro atoms. The molecule has 6 heteroatoms. The van der Waals surface area contributed by atoms with E-state index in [2.05, 4.69) is 14.9 Å². The summed E-state index contributed by atoms with van der Waals surface area (Å²) in [6, 6.07) is 7.17. The van der Waals surface area contributed by atoms with E-state index in [1.54, 1.807) is 12.1 Å². The van der Waals surface area contributed by atoms with Crippen molar-refractivity contribution in [3.63, 3.8) is 0 Å². The molecule has 1 aromatic carbocycles. The molecule has 19 heavy (non-hydrogen) atoms. The zero-order valence-electron chi connectivity index (χ0n) is 10.6. The summed E-state index contributed by atoms with van der Waals surface area (Å²) in [7, 11) is 1.35. The molecule has 0 N–H and O–H groups in total. The van der Waals surface area contributed by atoms with E-state index in [-0.39, 0.29) is 18.3 Å². The first-order valence-corrected chi connectivity index (χ1v) is 6.14. The zero-order valence-corrected chi connectivity index (χ0v) is 11.3. The maximum absolute atomic E-state index is 11.2. The summed E-state index contributed by atoms with van der Waals surface area (Å²) in [5.74, 6) is 0.359. The maximum Gasteiger partial charge on any atom is 0.306 e. The van der Waals surface area contributed by atoms with Crippen molar-refractivity contribution in [1.82, 2.24) is 10.1 Å². The minimum atomic E-state index is -0.310. The topological polar surface area (TPSA) is 65.2 Å². The second kappa shape index (κ2) is 5.84. The Bertz CT molecular complexity index is 583. The molecule has 0 amide bonds. The van der Waals surface area contributed by atoms with Crippen LogP contribution in [0.2, 0.25) is 5.02 Å². The Kier molecular flexibility index (Phi) is 4.16. The fourth-order valence-corrected chi connectivity index (χ4v) is 1.79. The molecule has 0 aliphatic rings. The molecule has 1 atom stereocenters. The van der Waals surface area contributed by atoms with Crippen molar-refractivity contribution in [3.8, 4) is 11.4 Å². The van der Waals surface area contributed by atoms with Crippen LogP contribution in [0.1, 0.15) is 25.2 Å². The number of aromatic nitrogens is 2. The van der Waals surface area contributed by atoms with E-state index in [4.69, 9.17) is 16.1 Å². The number of benzene rings is 1. The first kappa shape index (κ1) is 13.5. The number of nitrogens with zero attached hydrogens (tertiary/aromatic N) is 2.